The molecule has 0 fully saturated rings. The fraction of sp³-hybridized carbons (Fsp3) is 0.765. The van der Waals surface area contributed by atoms with E-state index in [0.717, 1.165) is 19.3 Å². The summed E-state index contributed by atoms with van der Waals surface area (Å²) in [6, 6.07) is 0. The van der Waals surface area contributed by atoms with Gasteiger partial charge in [-0.15, -0.1) is 0 Å². The maximum absolute atomic E-state index is 12.2. The lowest BCUT2D eigenvalue weighted by Crippen LogP contribution is -2.38. The van der Waals surface area contributed by atoms with Crippen molar-refractivity contribution in [3.8, 4) is 0 Å². The lowest BCUT2D eigenvalue weighted by molar-refractivity contribution is -0.172. The van der Waals surface area contributed by atoms with Crippen molar-refractivity contribution >= 4 is 11.9 Å². The second-order valence-electron chi connectivity index (χ2n) is 5.90. The van der Waals surface area contributed by atoms with Crippen LogP contribution < -0.4 is 0 Å². The highest BCUT2D eigenvalue weighted by Crippen LogP contribution is 2.22. The zero-order valence-electron chi connectivity index (χ0n) is 13.8. The molecule has 5 heteroatoms. The molecule has 0 spiro atoms. The Kier molecular flexibility index (Phi) is 8.17. The number of aliphatic hydroxyl groups is 1. The Morgan fingerprint density at radius 2 is 2.18 bits per heavy atom. The van der Waals surface area contributed by atoms with Crippen LogP contribution in [-0.4, -0.2) is 35.4 Å². The zero-order valence-corrected chi connectivity index (χ0v) is 13.8. The topological polar surface area (TPSA) is 72.8 Å². The quantitative estimate of drug-likeness (QED) is 0.480. The summed E-state index contributed by atoms with van der Waals surface area (Å²) in [4.78, 5) is 23.5. The lowest BCUT2D eigenvalue weighted by atomic mass is 9.98. The van der Waals surface area contributed by atoms with Crippen molar-refractivity contribution in [2.75, 3.05) is 0 Å². The zero-order chi connectivity index (χ0) is 16.5. The predicted molar refractivity (Wildman–Crippen MR) is 83.1 cm³/mol. The monoisotopic (exact) mass is 312 g/mol. The number of ether oxygens (including phenoxy) is 2. The van der Waals surface area contributed by atoms with Crippen LogP contribution in [0, 0.1) is 5.92 Å². The van der Waals surface area contributed by atoms with E-state index in [1.807, 2.05) is 6.08 Å². The molecule has 0 saturated heterocycles. The van der Waals surface area contributed by atoms with Crippen LogP contribution in [0.15, 0.2) is 12.2 Å². The maximum atomic E-state index is 12.2. The van der Waals surface area contributed by atoms with Gasteiger partial charge in [-0.05, 0) is 32.6 Å². The van der Waals surface area contributed by atoms with Crippen molar-refractivity contribution in [3.05, 3.63) is 12.2 Å². The molecular weight excluding hydrogens is 284 g/mol. The summed E-state index contributed by atoms with van der Waals surface area (Å²) in [5.41, 5.74) is 0. The molecule has 0 amide bonds. The molecule has 1 rings (SSSR count). The van der Waals surface area contributed by atoms with Crippen molar-refractivity contribution in [1.82, 2.24) is 0 Å². The number of unbranched alkanes of at least 4 members (excludes halogenated alkanes) is 2. The van der Waals surface area contributed by atoms with E-state index in [0.29, 0.717) is 19.3 Å². The molecule has 4 unspecified atom stereocenters. The van der Waals surface area contributed by atoms with E-state index in [2.05, 4.69) is 6.92 Å². The summed E-state index contributed by atoms with van der Waals surface area (Å²) in [7, 11) is 0. The number of esters is 2. The second-order valence-corrected chi connectivity index (χ2v) is 5.90. The maximum Gasteiger partial charge on any atom is 0.312 e. The third-order valence-corrected chi connectivity index (χ3v) is 3.93. The second kappa shape index (κ2) is 9.62. The van der Waals surface area contributed by atoms with Gasteiger partial charge in [0.05, 0.1) is 12.0 Å². The van der Waals surface area contributed by atoms with E-state index in [1.165, 1.54) is 6.92 Å². The normalized spacial score (nSPS) is 29.7. The molecule has 0 aromatic carbocycles. The van der Waals surface area contributed by atoms with Gasteiger partial charge in [-0.3, -0.25) is 9.59 Å². The summed E-state index contributed by atoms with van der Waals surface area (Å²) in [5, 5.41) is 9.91. The van der Waals surface area contributed by atoms with E-state index in [4.69, 9.17) is 9.47 Å². The standard InChI is InChI=1S/C17H28O5/c1-4-5-6-10-16-15(21-13(3)18)11-8-7-9-14(19)12(2)17(20)22-16/h7,9,12,14-16,19H,4-6,8,10-11H2,1-3H3. The first kappa shape index (κ1) is 18.7. The Bertz CT molecular complexity index is 391. The molecule has 4 atom stereocenters. The van der Waals surface area contributed by atoms with Crippen molar-refractivity contribution < 1.29 is 24.2 Å². The first-order valence-electron chi connectivity index (χ1n) is 8.18. The number of carbonyl (C=O) groups is 2. The lowest BCUT2D eigenvalue weighted by Gasteiger charge is -2.29. The molecule has 1 aliphatic heterocycles. The van der Waals surface area contributed by atoms with Crippen LogP contribution in [0.4, 0.5) is 0 Å². The van der Waals surface area contributed by atoms with Gasteiger partial charge in [0, 0.05) is 6.92 Å². The van der Waals surface area contributed by atoms with E-state index in [1.54, 1.807) is 13.0 Å². The van der Waals surface area contributed by atoms with Crippen molar-refractivity contribution in [2.24, 2.45) is 5.92 Å². The highest BCUT2D eigenvalue weighted by molar-refractivity contribution is 5.73. The Labute approximate surface area is 132 Å². The Morgan fingerprint density at radius 3 is 2.82 bits per heavy atom. The van der Waals surface area contributed by atoms with Gasteiger partial charge >= 0.3 is 11.9 Å². The van der Waals surface area contributed by atoms with Gasteiger partial charge in [-0.25, -0.2) is 0 Å². The average Bonchev–Trinajstić information content (AvgIpc) is 2.47. The van der Waals surface area contributed by atoms with Gasteiger partial charge in [0.1, 0.15) is 12.2 Å². The van der Waals surface area contributed by atoms with Gasteiger partial charge in [0.2, 0.25) is 0 Å². The molecule has 0 bridgehead atoms. The number of hydrogen-bond acceptors (Lipinski definition) is 5. The molecule has 0 saturated carbocycles. The number of carbonyl (C=O) groups excluding carboxylic acids is 2. The van der Waals surface area contributed by atoms with Crippen molar-refractivity contribution in [1.29, 1.82) is 0 Å². The van der Waals surface area contributed by atoms with E-state index >= 15 is 0 Å². The van der Waals surface area contributed by atoms with Crippen LogP contribution in [0.2, 0.25) is 0 Å². The molecular formula is C17H28O5. The number of allylic oxidation sites excluding steroid dienone is 1. The van der Waals surface area contributed by atoms with Crippen molar-refractivity contribution in [2.45, 2.75) is 77.6 Å². The number of aliphatic hydroxyl groups excluding tert-OH is 1. The summed E-state index contributed by atoms with van der Waals surface area (Å²) in [6.45, 7) is 5.11. The third kappa shape index (κ3) is 6.18. The van der Waals surface area contributed by atoms with Crippen LogP contribution in [0.1, 0.15) is 59.3 Å². The Hall–Kier alpha value is -1.36. The molecule has 126 valence electrons. The molecule has 0 aromatic rings. The molecule has 0 radical (unpaired) electrons. The van der Waals surface area contributed by atoms with Crippen LogP contribution in [-0.2, 0) is 19.1 Å². The number of rotatable bonds is 5. The van der Waals surface area contributed by atoms with Crippen LogP contribution >= 0.6 is 0 Å². The molecule has 0 aliphatic carbocycles. The molecule has 1 heterocycles. The fourth-order valence-corrected chi connectivity index (χ4v) is 2.51. The third-order valence-electron chi connectivity index (χ3n) is 3.93. The molecule has 5 nitrogen and oxygen atoms in total. The first-order chi connectivity index (χ1) is 10.5. The van der Waals surface area contributed by atoms with Crippen molar-refractivity contribution in [3.63, 3.8) is 0 Å². The predicted octanol–water partition coefficient (Wildman–Crippen LogP) is 2.76. The van der Waals surface area contributed by atoms with Gasteiger partial charge in [0.15, 0.2) is 0 Å². The van der Waals surface area contributed by atoms with Crippen LogP contribution in [0.5, 0.6) is 0 Å². The number of cyclic esters (lactones) is 1. The highest BCUT2D eigenvalue weighted by Gasteiger charge is 2.31. The summed E-state index contributed by atoms with van der Waals surface area (Å²) < 4.78 is 10.9. The Morgan fingerprint density at radius 1 is 1.45 bits per heavy atom. The minimum atomic E-state index is -0.839. The largest absolute Gasteiger partial charge is 0.459 e. The fourth-order valence-electron chi connectivity index (χ4n) is 2.51. The van der Waals surface area contributed by atoms with Gasteiger partial charge in [0.25, 0.3) is 0 Å². The van der Waals surface area contributed by atoms with Gasteiger partial charge in [-0.2, -0.15) is 0 Å². The molecule has 1 aliphatic rings. The SMILES string of the molecule is CCCCCC1OC(=O)C(C)C(O)C=CCCC1OC(C)=O. The molecule has 1 N–H and O–H groups in total. The first-order valence-corrected chi connectivity index (χ1v) is 8.18. The van der Waals surface area contributed by atoms with Gasteiger partial charge < -0.3 is 14.6 Å². The van der Waals surface area contributed by atoms with E-state index in [-0.39, 0.29) is 5.97 Å². The summed E-state index contributed by atoms with van der Waals surface area (Å²) in [6.07, 6.45) is 6.68. The summed E-state index contributed by atoms with van der Waals surface area (Å²) in [5.74, 6) is -1.44. The van der Waals surface area contributed by atoms with Crippen LogP contribution in [0.3, 0.4) is 0 Å². The van der Waals surface area contributed by atoms with E-state index < -0.39 is 30.2 Å². The molecule has 0 aromatic heterocycles. The Balaban J connectivity index is 2.86. The minimum absolute atomic E-state index is 0.365. The molecule has 22 heavy (non-hydrogen) atoms. The van der Waals surface area contributed by atoms with Gasteiger partial charge in [-0.1, -0.05) is 31.9 Å². The summed E-state index contributed by atoms with van der Waals surface area (Å²) >= 11 is 0. The number of hydrogen-bond donors (Lipinski definition) is 1. The average molecular weight is 312 g/mol. The smallest absolute Gasteiger partial charge is 0.312 e. The minimum Gasteiger partial charge on any atom is -0.459 e. The van der Waals surface area contributed by atoms with E-state index in [9.17, 15) is 14.7 Å². The highest BCUT2D eigenvalue weighted by atomic mass is 16.6. The van der Waals surface area contributed by atoms with Crippen LogP contribution in [0.25, 0.3) is 0 Å².